The van der Waals surface area contributed by atoms with Gasteiger partial charge in [0.2, 0.25) is 0 Å². The highest BCUT2D eigenvalue weighted by Crippen LogP contribution is 2.15. The molecule has 0 aromatic carbocycles. The number of allylic oxidation sites excluding steroid dienone is 2. The van der Waals surface area contributed by atoms with Crippen LogP contribution in [0.5, 0.6) is 0 Å². The lowest BCUT2D eigenvalue weighted by Crippen LogP contribution is -2.08. The van der Waals surface area contributed by atoms with Crippen LogP contribution in [0.3, 0.4) is 0 Å². The average molecular weight is 186 g/mol. The zero-order valence-electron chi connectivity index (χ0n) is 7.30. The molecule has 0 aliphatic carbocycles. The van der Waals surface area contributed by atoms with Crippen LogP contribution in [0.4, 0.5) is 8.78 Å². The Balaban J connectivity index is 4.13. The quantitative estimate of drug-likeness (QED) is 0.457. The first-order valence-corrected chi connectivity index (χ1v) is 3.61. The lowest BCUT2D eigenvalue weighted by atomic mass is 10.3. The van der Waals surface area contributed by atoms with Gasteiger partial charge < -0.3 is 4.74 Å². The monoisotopic (exact) mass is 186 g/mol. The van der Waals surface area contributed by atoms with Gasteiger partial charge in [0.25, 0.3) is 0 Å². The van der Waals surface area contributed by atoms with Crippen molar-refractivity contribution >= 4 is 0 Å². The van der Waals surface area contributed by atoms with Crippen LogP contribution < -0.4 is 0 Å². The van der Waals surface area contributed by atoms with E-state index < -0.39 is 12.3 Å². The number of hydrogen-bond donors (Lipinski definition) is 0. The molecule has 0 N–H and O–H groups in total. The predicted molar refractivity (Wildman–Crippen MR) is 49.6 cm³/mol. The molecule has 0 spiro atoms. The van der Waals surface area contributed by atoms with Crippen molar-refractivity contribution in [2.75, 3.05) is 0 Å². The van der Waals surface area contributed by atoms with Crippen LogP contribution in [-0.4, -0.2) is 12.3 Å². The molecule has 0 radical (unpaired) electrons. The number of halogens is 2. The van der Waals surface area contributed by atoms with Gasteiger partial charge in [-0.25, -0.2) is 8.78 Å². The normalized spacial score (nSPS) is 14.0. The zero-order valence-corrected chi connectivity index (χ0v) is 7.30. The highest BCUT2D eigenvalue weighted by atomic mass is 19.1. The topological polar surface area (TPSA) is 9.23 Å². The molecule has 0 saturated heterocycles. The third kappa shape index (κ3) is 3.69. The van der Waals surface area contributed by atoms with Crippen molar-refractivity contribution in [3.63, 3.8) is 0 Å². The summed E-state index contributed by atoms with van der Waals surface area (Å²) in [6.45, 7) is 12.9. The van der Waals surface area contributed by atoms with Crippen LogP contribution in [0.25, 0.3) is 0 Å². The highest BCUT2D eigenvalue weighted by Gasteiger charge is 2.13. The molecular formula is C10H12F2O. The first-order chi connectivity index (χ1) is 6.02. The Bertz CT molecular complexity index is 209. The standard InChI is InChI=1S/C10H12F2O/c1-5-9(11)7(3)13-8(4)10(12)6-2/h5-6,9-10H,1-4H2. The Morgan fingerprint density at radius 2 is 1.31 bits per heavy atom. The van der Waals surface area contributed by atoms with Gasteiger partial charge in [-0.3, -0.25) is 0 Å². The Morgan fingerprint density at radius 3 is 1.54 bits per heavy atom. The van der Waals surface area contributed by atoms with Gasteiger partial charge in [0, 0.05) is 0 Å². The van der Waals surface area contributed by atoms with Crippen molar-refractivity contribution in [2.45, 2.75) is 12.3 Å². The van der Waals surface area contributed by atoms with Gasteiger partial charge in [-0.15, -0.1) is 0 Å². The summed E-state index contributed by atoms with van der Waals surface area (Å²) in [6.07, 6.45) is -1.05. The average Bonchev–Trinajstić information content (AvgIpc) is 2.14. The van der Waals surface area contributed by atoms with E-state index in [2.05, 4.69) is 31.1 Å². The maximum Gasteiger partial charge on any atom is 0.175 e. The minimum Gasteiger partial charge on any atom is -0.460 e. The van der Waals surface area contributed by atoms with E-state index in [1.165, 1.54) is 0 Å². The van der Waals surface area contributed by atoms with Gasteiger partial charge in [-0.2, -0.15) is 0 Å². The summed E-state index contributed by atoms with van der Waals surface area (Å²) in [7, 11) is 0. The van der Waals surface area contributed by atoms with Crippen molar-refractivity contribution in [3.05, 3.63) is 50.0 Å². The molecule has 0 amide bonds. The molecule has 0 heterocycles. The molecule has 13 heavy (non-hydrogen) atoms. The second-order valence-electron chi connectivity index (χ2n) is 2.31. The number of ether oxygens (including phenoxy) is 1. The van der Waals surface area contributed by atoms with Crippen molar-refractivity contribution < 1.29 is 13.5 Å². The Kier molecular flexibility index (Phi) is 4.74. The van der Waals surface area contributed by atoms with Crippen LogP contribution in [0.1, 0.15) is 0 Å². The molecule has 1 nitrogen and oxygen atoms in total. The van der Waals surface area contributed by atoms with Gasteiger partial charge in [-0.1, -0.05) is 38.5 Å². The second-order valence-corrected chi connectivity index (χ2v) is 2.31. The molecule has 0 saturated carbocycles. The van der Waals surface area contributed by atoms with Crippen molar-refractivity contribution in [3.8, 4) is 0 Å². The first kappa shape index (κ1) is 11.6. The van der Waals surface area contributed by atoms with E-state index in [1.54, 1.807) is 0 Å². The summed E-state index contributed by atoms with van der Waals surface area (Å²) < 4.78 is 30.1. The van der Waals surface area contributed by atoms with Gasteiger partial charge in [0.15, 0.2) is 12.3 Å². The van der Waals surface area contributed by atoms with Crippen LogP contribution in [0.15, 0.2) is 50.0 Å². The Morgan fingerprint density at radius 1 is 1.00 bits per heavy atom. The minimum atomic E-state index is -1.52. The van der Waals surface area contributed by atoms with Crippen molar-refractivity contribution in [2.24, 2.45) is 0 Å². The van der Waals surface area contributed by atoms with E-state index in [0.717, 1.165) is 12.2 Å². The maximum absolute atomic E-state index is 12.7. The SMILES string of the molecule is C=CC(F)C(=C)OC(=C)C(F)C=C. The lowest BCUT2D eigenvalue weighted by Gasteiger charge is -2.12. The van der Waals surface area contributed by atoms with Gasteiger partial charge >= 0.3 is 0 Å². The number of hydrogen-bond acceptors (Lipinski definition) is 1. The van der Waals surface area contributed by atoms with Crippen molar-refractivity contribution in [1.82, 2.24) is 0 Å². The van der Waals surface area contributed by atoms with Crippen molar-refractivity contribution in [1.29, 1.82) is 0 Å². The molecule has 72 valence electrons. The van der Waals surface area contributed by atoms with E-state index in [0.29, 0.717) is 0 Å². The molecule has 0 aliphatic rings. The number of rotatable bonds is 6. The lowest BCUT2D eigenvalue weighted by molar-refractivity contribution is 0.201. The fraction of sp³-hybridized carbons (Fsp3) is 0.200. The minimum absolute atomic E-state index is 0.232. The van der Waals surface area contributed by atoms with Crippen LogP contribution in [0, 0.1) is 0 Å². The smallest absolute Gasteiger partial charge is 0.175 e. The fourth-order valence-electron chi connectivity index (χ4n) is 0.544. The summed E-state index contributed by atoms with van der Waals surface area (Å²) >= 11 is 0. The summed E-state index contributed by atoms with van der Waals surface area (Å²) in [6, 6.07) is 0. The van der Waals surface area contributed by atoms with E-state index in [4.69, 9.17) is 0 Å². The molecule has 3 heteroatoms. The molecule has 2 unspecified atom stereocenters. The van der Waals surface area contributed by atoms with Gasteiger partial charge in [-0.05, 0) is 0 Å². The number of alkyl halides is 2. The van der Waals surface area contributed by atoms with E-state index in [1.807, 2.05) is 0 Å². The van der Waals surface area contributed by atoms with E-state index in [-0.39, 0.29) is 11.5 Å². The third-order valence-corrected chi connectivity index (χ3v) is 1.29. The molecular weight excluding hydrogens is 174 g/mol. The summed E-state index contributed by atoms with van der Waals surface area (Å²) in [5, 5.41) is 0. The largest absolute Gasteiger partial charge is 0.460 e. The third-order valence-electron chi connectivity index (χ3n) is 1.29. The molecule has 0 aromatic rings. The van der Waals surface area contributed by atoms with E-state index >= 15 is 0 Å². The summed E-state index contributed by atoms with van der Waals surface area (Å²) in [5.41, 5.74) is 0. The maximum atomic E-state index is 12.7. The molecule has 0 aliphatic heterocycles. The van der Waals surface area contributed by atoms with Crippen LogP contribution in [0.2, 0.25) is 0 Å². The van der Waals surface area contributed by atoms with Crippen LogP contribution in [-0.2, 0) is 4.74 Å². The highest BCUT2D eigenvalue weighted by molar-refractivity contribution is 5.10. The molecule has 0 bridgehead atoms. The molecule has 2 atom stereocenters. The van der Waals surface area contributed by atoms with Crippen LogP contribution >= 0.6 is 0 Å². The Hall–Kier alpha value is -1.38. The molecule has 0 rings (SSSR count). The second kappa shape index (κ2) is 5.30. The van der Waals surface area contributed by atoms with E-state index in [9.17, 15) is 8.78 Å². The molecule has 0 fully saturated rings. The summed E-state index contributed by atoms with van der Waals surface area (Å²) in [5.74, 6) is -0.464. The summed E-state index contributed by atoms with van der Waals surface area (Å²) in [4.78, 5) is 0. The molecule has 0 aromatic heterocycles. The Labute approximate surface area is 76.7 Å². The fourth-order valence-corrected chi connectivity index (χ4v) is 0.544. The van der Waals surface area contributed by atoms with Gasteiger partial charge in [0.05, 0.1) is 0 Å². The zero-order chi connectivity index (χ0) is 10.4. The van der Waals surface area contributed by atoms with Gasteiger partial charge in [0.1, 0.15) is 11.5 Å². The first-order valence-electron chi connectivity index (χ1n) is 3.61. The predicted octanol–water partition coefficient (Wildman–Crippen LogP) is 3.08.